The van der Waals surface area contributed by atoms with Crippen molar-refractivity contribution in [3.05, 3.63) is 34.9 Å². The molecule has 1 aromatic rings. The highest BCUT2D eigenvalue weighted by atomic mass is 35.5. The number of nitrogens with one attached hydrogen (secondary N) is 2. The Hall–Kier alpha value is -0.570. The normalized spacial score (nSPS) is 31.2. The summed E-state index contributed by atoms with van der Waals surface area (Å²) in [6.45, 7) is 3.44. The van der Waals surface area contributed by atoms with Crippen LogP contribution in [0.5, 0.6) is 0 Å². The van der Waals surface area contributed by atoms with Crippen molar-refractivity contribution in [2.75, 3.05) is 6.54 Å². The SMILES string of the molecule is C[C@H](NC1CCCC1C1CCCCN1)c1ccccc1Cl. The van der Waals surface area contributed by atoms with E-state index < -0.39 is 0 Å². The second kappa shape index (κ2) is 7.13. The minimum atomic E-state index is 0.327. The fourth-order valence-corrected chi connectivity index (χ4v) is 4.46. The Morgan fingerprint density at radius 3 is 2.76 bits per heavy atom. The quantitative estimate of drug-likeness (QED) is 0.866. The highest BCUT2D eigenvalue weighted by molar-refractivity contribution is 6.31. The lowest BCUT2D eigenvalue weighted by Crippen LogP contribution is -2.47. The van der Waals surface area contributed by atoms with E-state index in [0.29, 0.717) is 12.1 Å². The van der Waals surface area contributed by atoms with Gasteiger partial charge in [0.1, 0.15) is 0 Å². The second-order valence-corrected chi connectivity index (χ2v) is 7.07. The maximum Gasteiger partial charge on any atom is 0.0453 e. The predicted molar refractivity (Wildman–Crippen MR) is 89.8 cm³/mol. The van der Waals surface area contributed by atoms with Gasteiger partial charge in [-0.25, -0.2) is 0 Å². The summed E-state index contributed by atoms with van der Waals surface area (Å²) in [5, 5.41) is 8.49. The number of rotatable bonds is 4. The molecule has 3 unspecified atom stereocenters. The van der Waals surface area contributed by atoms with Gasteiger partial charge >= 0.3 is 0 Å². The highest BCUT2D eigenvalue weighted by Gasteiger charge is 2.34. The molecule has 21 heavy (non-hydrogen) atoms. The average Bonchev–Trinajstić information content (AvgIpc) is 2.96. The van der Waals surface area contributed by atoms with Gasteiger partial charge in [-0.15, -0.1) is 0 Å². The molecular weight excluding hydrogens is 280 g/mol. The summed E-state index contributed by atoms with van der Waals surface area (Å²) in [6.07, 6.45) is 8.11. The van der Waals surface area contributed by atoms with Crippen LogP contribution in [0.1, 0.15) is 57.1 Å². The zero-order valence-electron chi connectivity index (χ0n) is 12.9. The van der Waals surface area contributed by atoms with Gasteiger partial charge in [-0.1, -0.05) is 42.6 Å². The Balaban J connectivity index is 1.64. The Morgan fingerprint density at radius 2 is 2.00 bits per heavy atom. The van der Waals surface area contributed by atoms with Gasteiger partial charge in [-0.2, -0.15) is 0 Å². The minimum Gasteiger partial charge on any atom is -0.314 e. The first-order chi connectivity index (χ1) is 10.3. The summed E-state index contributed by atoms with van der Waals surface area (Å²) in [4.78, 5) is 0. The lowest BCUT2D eigenvalue weighted by Gasteiger charge is -2.34. The molecule has 0 aromatic heterocycles. The van der Waals surface area contributed by atoms with Crippen molar-refractivity contribution in [1.29, 1.82) is 0 Å². The van der Waals surface area contributed by atoms with E-state index in [-0.39, 0.29) is 0 Å². The summed E-state index contributed by atoms with van der Waals surface area (Å²) in [5.41, 5.74) is 1.22. The maximum atomic E-state index is 6.34. The van der Waals surface area contributed by atoms with Crippen LogP contribution < -0.4 is 10.6 Å². The molecule has 1 aliphatic heterocycles. The molecule has 2 fully saturated rings. The van der Waals surface area contributed by atoms with Crippen LogP contribution >= 0.6 is 11.6 Å². The second-order valence-electron chi connectivity index (χ2n) is 6.67. The van der Waals surface area contributed by atoms with Gasteiger partial charge in [0.25, 0.3) is 0 Å². The molecule has 3 heteroatoms. The van der Waals surface area contributed by atoms with Crippen LogP contribution in [0.25, 0.3) is 0 Å². The summed E-state index contributed by atoms with van der Waals surface area (Å²) >= 11 is 6.34. The van der Waals surface area contributed by atoms with Crippen LogP contribution in [0, 0.1) is 5.92 Å². The van der Waals surface area contributed by atoms with Crippen LogP contribution in [-0.4, -0.2) is 18.6 Å². The zero-order valence-corrected chi connectivity index (χ0v) is 13.7. The largest absolute Gasteiger partial charge is 0.314 e. The van der Waals surface area contributed by atoms with Gasteiger partial charge in [0.2, 0.25) is 0 Å². The standard InChI is InChI=1S/C18H27ClN2/c1-13(14-7-2-3-9-16(14)19)21-18-11-6-8-15(18)17-10-4-5-12-20-17/h2-3,7,9,13,15,17-18,20-21H,4-6,8,10-12H2,1H3/t13-,15?,17?,18?/m0/s1. The van der Waals surface area contributed by atoms with Crippen molar-refractivity contribution in [2.24, 2.45) is 5.92 Å². The number of benzene rings is 1. The number of piperidine rings is 1. The molecule has 1 heterocycles. The van der Waals surface area contributed by atoms with Crippen molar-refractivity contribution in [2.45, 2.75) is 63.6 Å². The van der Waals surface area contributed by atoms with Gasteiger partial charge in [-0.05, 0) is 56.7 Å². The first kappa shape index (κ1) is 15.3. The van der Waals surface area contributed by atoms with Crippen LogP contribution in [-0.2, 0) is 0 Å². The lowest BCUT2D eigenvalue weighted by atomic mass is 9.88. The van der Waals surface area contributed by atoms with E-state index in [0.717, 1.165) is 17.0 Å². The molecule has 2 N–H and O–H groups in total. The van der Waals surface area contributed by atoms with Crippen LogP contribution in [0.2, 0.25) is 5.02 Å². The number of hydrogen-bond acceptors (Lipinski definition) is 2. The van der Waals surface area contributed by atoms with Crippen LogP contribution in [0.3, 0.4) is 0 Å². The minimum absolute atomic E-state index is 0.327. The van der Waals surface area contributed by atoms with Crippen molar-refractivity contribution in [3.8, 4) is 0 Å². The Kier molecular flexibility index (Phi) is 5.20. The van der Waals surface area contributed by atoms with Crippen molar-refractivity contribution in [1.82, 2.24) is 10.6 Å². The Labute approximate surface area is 133 Å². The fourth-order valence-electron chi connectivity index (χ4n) is 4.16. The topological polar surface area (TPSA) is 24.1 Å². The van der Waals surface area contributed by atoms with Crippen molar-refractivity contribution < 1.29 is 0 Å². The van der Waals surface area contributed by atoms with Crippen molar-refractivity contribution >= 4 is 11.6 Å². The van der Waals surface area contributed by atoms with Gasteiger partial charge < -0.3 is 10.6 Å². The molecular formula is C18H27ClN2. The first-order valence-corrected chi connectivity index (χ1v) is 8.87. The molecule has 2 aliphatic rings. The average molecular weight is 307 g/mol. The Morgan fingerprint density at radius 1 is 1.14 bits per heavy atom. The molecule has 3 rings (SSSR count). The third-order valence-electron chi connectivity index (χ3n) is 5.27. The molecule has 1 saturated heterocycles. The van der Waals surface area contributed by atoms with E-state index >= 15 is 0 Å². The van der Waals surface area contributed by atoms with Crippen LogP contribution in [0.15, 0.2) is 24.3 Å². The molecule has 0 radical (unpaired) electrons. The Bertz CT molecular complexity index is 456. The van der Waals surface area contributed by atoms with Gasteiger partial charge in [0.15, 0.2) is 0 Å². The zero-order chi connectivity index (χ0) is 14.7. The van der Waals surface area contributed by atoms with E-state index in [1.807, 2.05) is 12.1 Å². The van der Waals surface area contributed by atoms with E-state index in [1.165, 1.54) is 50.6 Å². The number of halogens is 1. The van der Waals surface area contributed by atoms with Gasteiger partial charge in [0, 0.05) is 23.1 Å². The smallest absolute Gasteiger partial charge is 0.0453 e. The van der Waals surface area contributed by atoms with Crippen LogP contribution in [0.4, 0.5) is 0 Å². The van der Waals surface area contributed by atoms with E-state index in [4.69, 9.17) is 11.6 Å². The lowest BCUT2D eigenvalue weighted by molar-refractivity contribution is 0.248. The summed E-state index contributed by atoms with van der Waals surface area (Å²) in [6, 6.07) is 9.89. The monoisotopic (exact) mass is 306 g/mol. The van der Waals surface area contributed by atoms with Crippen molar-refractivity contribution in [3.63, 3.8) is 0 Å². The molecule has 1 aromatic carbocycles. The third kappa shape index (κ3) is 3.61. The summed E-state index contributed by atoms with van der Waals surface area (Å²) in [5.74, 6) is 0.787. The molecule has 1 aliphatic carbocycles. The third-order valence-corrected chi connectivity index (χ3v) is 5.61. The molecule has 2 nitrogen and oxygen atoms in total. The highest BCUT2D eigenvalue weighted by Crippen LogP contribution is 2.34. The number of hydrogen-bond donors (Lipinski definition) is 2. The molecule has 0 bridgehead atoms. The molecule has 116 valence electrons. The van der Waals surface area contributed by atoms with Gasteiger partial charge in [0.05, 0.1) is 0 Å². The first-order valence-electron chi connectivity index (χ1n) is 8.49. The van der Waals surface area contributed by atoms with E-state index in [9.17, 15) is 0 Å². The molecule has 0 spiro atoms. The molecule has 4 atom stereocenters. The maximum absolute atomic E-state index is 6.34. The van der Waals surface area contributed by atoms with Gasteiger partial charge in [-0.3, -0.25) is 0 Å². The fraction of sp³-hybridized carbons (Fsp3) is 0.667. The van der Waals surface area contributed by atoms with E-state index in [1.54, 1.807) is 0 Å². The molecule has 0 amide bonds. The summed E-state index contributed by atoms with van der Waals surface area (Å²) < 4.78 is 0. The summed E-state index contributed by atoms with van der Waals surface area (Å²) in [7, 11) is 0. The molecule has 1 saturated carbocycles. The van der Waals surface area contributed by atoms with E-state index in [2.05, 4.69) is 29.7 Å². The predicted octanol–water partition coefficient (Wildman–Crippen LogP) is 4.30.